The molecule has 1 unspecified atom stereocenters. The number of carboxylic acids is 1. The van der Waals surface area contributed by atoms with Gasteiger partial charge in [0, 0.05) is 6.42 Å². The fourth-order valence-corrected chi connectivity index (χ4v) is 3.76. The Morgan fingerprint density at radius 2 is 1.94 bits per heavy atom. The van der Waals surface area contributed by atoms with Crippen LogP contribution in [-0.2, 0) is 14.6 Å². The van der Waals surface area contributed by atoms with Gasteiger partial charge >= 0.3 is 5.97 Å². The second-order valence-corrected chi connectivity index (χ2v) is 7.14. The Hall–Kier alpha value is -0.720. The highest BCUT2D eigenvalue weighted by Crippen LogP contribution is 2.41. The lowest BCUT2D eigenvalue weighted by Gasteiger charge is -2.30. The Kier molecular flexibility index (Phi) is 3.81. The quantitative estimate of drug-likeness (QED) is 0.847. The van der Waals surface area contributed by atoms with E-state index in [9.17, 15) is 22.0 Å². The smallest absolute Gasteiger partial charge is 0.309 e. The molecule has 0 amide bonds. The third-order valence-electron chi connectivity index (χ3n) is 3.10. The van der Waals surface area contributed by atoms with Crippen LogP contribution in [0.1, 0.15) is 32.6 Å². The van der Waals surface area contributed by atoms with Crippen LogP contribution in [0.3, 0.4) is 0 Å². The Labute approximate surface area is 98.9 Å². The molecule has 7 heteroatoms. The molecule has 17 heavy (non-hydrogen) atoms. The molecule has 1 N–H and O–H groups in total. The number of rotatable bonds is 3. The van der Waals surface area contributed by atoms with Crippen molar-refractivity contribution in [2.75, 3.05) is 11.5 Å². The van der Waals surface area contributed by atoms with Crippen LogP contribution in [0.4, 0.5) is 8.78 Å². The monoisotopic (exact) mass is 270 g/mol. The van der Waals surface area contributed by atoms with Crippen molar-refractivity contribution in [3.63, 3.8) is 0 Å². The molecule has 0 spiro atoms. The summed E-state index contributed by atoms with van der Waals surface area (Å²) in [6.07, 6.45) is -0.908. The van der Waals surface area contributed by atoms with Gasteiger partial charge in [-0.25, -0.2) is 17.2 Å². The van der Waals surface area contributed by atoms with Crippen molar-refractivity contribution < 1.29 is 27.1 Å². The average molecular weight is 270 g/mol. The number of aliphatic carboxylic acids is 1. The summed E-state index contributed by atoms with van der Waals surface area (Å²) in [6, 6.07) is 0. The normalized spacial score (nSPS) is 29.6. The first kappa shape index (κ1) is 14.3. The molecule has 1 saturated heterocycles. The first-order valence-corrected chi connectivity index (χ1v) is 7.20. The summed E-state index contributed by atoms with van der Waals surface area (Å²) in [5, 5.41) is 9.12. The van der Waals surface area contributed by atoms with E-state index in [2.05, 4.69) is 0 Å². The van der Waals surface area contributed by atoms with Gasteiger partial charge in [-0.1, -0.05) is 0 Å². The lowest BCUT2D eigenvalue weighted by molar-refractivity contribution is -0.155. The van der Waals surface area contributed by atoms with Crippen molar-refractivity contribution in [1.82, 2.24) is 0 Å². The third-order valence-corrected chi connectivity index (χ3v) is 4.84. The predicted octanol–water partition coefficient (Wildman–Crippen LogP) is 1.70. The summed E-state index contributed by atoms with van der Waals surface area (Å²) in [5.74, 6) is -4.87. The molecule has 1 heterocycles. The summed E-state index contributed by atoms with van der Waals surface area (Å²) in [4.78, 5) is 11.2. The maximum absolute atomic E-state index is 13.0. The molecule has 0 aromatic carbocycles. The first-order chi connectivity index (χ1) is 7.56. The van der Waals surface area contributed by atoms with Crippen LogP contribution in [0.25, 0.3) is 0 Å². The fourth-order valence-electron chi connectivity index (χ4n) is 2.27. The minimum absolute atomic E-state index is 0.00894. The number of halogens is 2. The molecule has 1 rings (SSSR count). The molecule has 1 fully saturated rings. The Bertz CT molecular complexity index is 399. The van der Waals surface area contributed by atoms with E-state index in [4.69, 9.17) is 5.11 Å². The molecule has 0 saturated carbocycles. The molecule has 0 aliphatic carbocycles. The highest BCUT2D eigenvalue weighted by atomic mass is 32.2. The van der Waals surface area contributed by atoms with Gasteiger partial charge in [0.1, 0.15) is 9.84 Å². The molecule has 0 radical (unpaired) electrons. The number of hydrogen-bond donors (Lipinski definition) is 1. The number of carbonyl (C=O) groups is 1. The molecule has 1 atom stereocenters. The van der Waals surface area contributed by atoms with Crippen molar-refractivity contribution in [3.05, 3.63) is 0 Å². The molecular formula is C10H16F2O4S. The maximum Gasteiger partial charge on any atom is 0.309 e. The van der Waals surface area contributed by atoms with Gasteiger partial charge in [0.2, 0.25) is 5.92 Å². The number of hydrogen-bond acceptors (Lipinski definition) is 3. The van der Waals surface area contributed by atoms with Gasteiger partial charge in [-0.2, -0.15) is 0 Å². The standard InChI is InChI=1S/C10H16F2O4S/c1-9(11,12)7-10(8(13)14)3-2-5-17(15,16)6-4-10/h2-7H2,1H3,(H,13,14). The van der Waals surface area contributed by atoms with E-state index in [-0.39, 0.29) is 30.8 Å². The molecular weight excluding hydrogens is 254 g/mol. The zero-order valence-corrected chi connectivity index (χ0v) is 10.4. The Morgan fingerprint density at radius 1 is 1.35 bits per heavy atom. The van der Waals surface area contributed by atoms with Crippen molar-refractivity contribution in [1.29, 1.82) is 0 Å². The molecule has 4 nitrogen and oxygen atoms in total. The van der Waals surface area contributed by atoms with Crippen LogP contribution >= 0.6 is 0 Å². The predicted molar refractivity (Wildman–Crippen MR) is 57.8 cm³/mol. The van der Waals surface area contributed by atoms with Crippen molar-refractivity contribution in [2.24, 2.45) is 5.41 Å². The lowest BCUT2D eigenvalue weighted by atomic mass is 9.76. The zero-order chi connectivity index (χ0) is 13.3. The van der Waals surface area contributed by atoms with Crippen LogP contribution in [0.15, 0.2) is 0 Å². The van der Waals surface area contributed by atoms with Gasteiger partial charge in [-0.3, -0.25) is 4.79 Å². The maximum atomic E-state index is 13.0. The first-order valence-electron chi connectivity index (χ1n) is 5.38. The molecule has 100 valence electrons. The van der Waals surface area contributed by atoms with E-state index in [1.54, 1.807) is 0 Å². The number of alkyl halides is 2. The van der Waals surface area contributed by atoms with Crippen LogP contribution in [0.5, 0.6) is 0 Å². The molecule has 0 bridgehead atoms. The van der Waals surface area contributed by atoms with E-state index in [1.807, 2.05) is 0 Å². The van der Waals surface area contributed by atoms with Gasteiger partial charge in [-0.15, -0.1) is 0 Å². The van der Waals surface area contributed by atoms with E-state index < -0.39 is 33.6 Å². The second-order valence-electron chi connectivity index (χ2n) is 4.84. The fraction of sp³-hybridized carbons (Fsp3) is 0.900. The minimum Gasteiger partial charge on any atom is -0.481 e. The summed E-state index contributed by atoms with van der Waals surface area (Å²) in [5.41, 5.74) is -1.61. The van der Waals surface area contributed by atoms with Gasteiger partial charge in [0.05, 0.1) is 16.9 Å². The van der Waals surface area contributed by atoms with Gasteiger partial charge < -0.3 is 5.11 Å². The van der Waals surface area contributed by atoms with Crippen molar-refractivity contribution in [2.45, 2.75) is 38.5 Å². The highest BCUT2D eigenvalue weighted by molar-refractivity contribution is 7.91. The largest absolute Gasteiger partial charge is 0.481 e. The van der Waals surface area contributed by atoms with Gasteiger partial charge in [-0.05, 0) is 26.2 Å². The van der Waals surface area contributed by atoms with Crippen LogP contribution < -0.4 is 0 Å². The van der Waals surface area contributed by atoms with E-state index >= 15 is 0 Å². The summed E-state index contributed by atoms with van der Waals surface area (Å²) in [6.45, 7) is 0.664. The van der Waals surface area contributed by atoms with Crippen molar-refractivity contribution >= 4 is 15.8 Å². The lowest BCUT2D eigenvalue weighted by Crippen LogP contribution is -2.37. The molecule has 0 aromatic heterocycles. The second kappa shape index (κ2) is 4.51. The molecule has 1 aliphatic rings. The van der Waals surface area contributed by atoms with E-state index in [0.29, 0.717) is 6.92 Å². The SMILES string of the molecule is CC(F)(F)CC1(C(=O)O)CCCS(=O)(=O)CC1. The summed E-state index contributed by atoms with van der Waals surface area (Å²) >= 11 is 0. The third kappa shape index (κ3) is 3.90. The van der Waals surface area contributed by atoms with E-state index in [0.717, 1.165) is 0 Å². The number of carboxylic acid groups (broad SMARTS) is 1. The minimum atomic E-state index is -3.29. The van der Waals surface area contributed by atoms with Crippen LogP contribution in [0.2, 0.25) is 0 Å². The highest BCUT2D eigenvalue weighted by Gasteiger charge is 2.46. The van der Waals surface area contributed by atoms with E-state index in [1.165, 1.54) is 0 Å². The topological polar surface area (TPSA) is 71.4 Å². The average Bonchev–Trinajstić information content (AvgIpc) is 2.24. The van der Waals surface area contributed by atoms with Gasteiger partial charge in [0.25, 0.3) is 0 Å². The zero-order valence-electron chi connectivity index (χ0n) is 9.58. The molecule has 1 aliphatic heterocycles. The van der Waals surface area contributed by atoms with Crippen LogP contribution in [-0.4, -0.2) is 36.9 Å². The summed E-state index contributed by atoms with van der Waals surface area (Å²) in [7, 11) is -3.29. The van der Waals surface area contributed by atoms with Gasteiger partial charge in [0.15, 0.2) is 0 Å². The Morgan fingerprint density at radius 3 is 2.41 bits per heavy atom. The van der Waals surface area contributed by atoms with Crippen LogP contribution in [0, 0.1) is 5.41 Å². The molecule has 0 aromatic rings. The number of sulfone groups is 1. The Balaban J connectivity index is 2.97. The summed E-state index contributed by atoms with van der Waals surface area (Å²) < 4.78 is 48.8. The van der Waals surface area contributed by atoms with Crippen molar-refractivity contribution in [3.8, 4) is 0 Å².